The molecule has 2 saturated heterocycles. The van der Waals surface area contributed by atoms with Crippen LogP contribution in [-0.2, 0) is 0 Å². The van der Waals surface area contributed by atoms with Crippen LogP contribution in [0.3, 0.4) is 0 Å². The van der Waals surface area contributed by atoms with E-state index in [1.165, 1.54) is 25.0 Å². The van der Waals surface area contributed by atoms with Gasteiger partial charge in [0.15, 0.2) is 0 Å². The molecule has 1 unspecified atom stereocenters. The number of anilines is 1. The second kappa shape index (κ2) is 10.0. The number of pyridine rings is 1. The summed E-state index contributed by atoms with van der Waals surface area (Å²) in [5.41, 5.74) is 1.39. The van der Waals surface area contributed by atoms with Crippen LogP contribution in [0.4, 0.5) is 10.2 Å². The lowest BCUT2D eigenvalue weighted by Crippen LogP contribution is -2.48. The number of benzene rings is 1. The summed E-state index contributed by atoms with van der Waals surface area (Å²) in [5, 5.41) is 3.30. The van der Waals surface area contributed by atoms with Gasteiger partial charge in [0.05, 0.1) is 11.6 Å². The number of halogens is 3. The average Bonchev–Trinajstić information content (AvgIpc) is 3.22. The molecule has 2 aromatic rings. The highest BCUT2D eigenvalue weighted by molar-refractivity contribution is 5.94. The van der Waals surface area contributed by atoms with Gasteiger partial charge in [-0.05, 0) is 42.7 Å². The van der Waals surface area contributed by atoms with E-state index in [0.717, 1.165) is 31.0 Å². The Labute approximate surface area is 177 Å². The molecular formula is C20H25Cl2FN4O. The van der Waals surface area contributed by atoms with Gasteiger partial charge in [0.2, 0.25) is 0 Å². The Morgan fingerprint density at radius 1 is 1.11 bits per heavy atom. The Balaban J connectivity index is 0.00000140. The summed E-state index contributed by atoms with van der Waals surface area (Å²) in [6.07, 6.45) is 4.05. The van der Waals surface area contributed by atoms with E-state index < -0.39 is 0 Å². The molecule has 2 aliphatic rings. The smallest absolute Gasteiger partial charge is 0.256 e. The molecule has 1 N–H and O–H groups in total. The van der Waals surface area contributed by atoms with Gasteiger partial charge >= 0.3 is 0 Å². The van der Waals surface area contributed by atoms with Gasteiger partial charge in [-0.2, -0.15) is 0 Å². The number of carbonyl (C=O) groups excluding carboxylic acids is 1. The minimum absolute atomic E-state index is 0. The standard InChI is InChI=1S/C20H23FN4O.2ClH/c21-17-5-3-4-15(12-17)18-14-22-8-11-25(18)20(26)16-6-7-19(23-13-16)24-9-1-2-10-24;;/h3-7,12-13,18,22H,1-2,8-11,14H2;2*1H. The lowest BCUT2D eigenvalue weighted by Gasteiger charge is -2.36. The molecule has 1 aromatic carbocycles. The summed E-state index contributed by atoms with van der Waals surface area (Å²) in [5.74, 6) is 0.597. The first-order valence-corrected chi connectivity index (χ1v) is 9.20. The van der Waals surface area contributed by atoms with Gasteiger partial charge in [0.1, 0.15) is 11.6 Å². The van der Waals surface area contributed by atoms with Crippen molar-refractivity contribution in [1.29, 1.82) is 0 Å². The zero-order chi connectivity index (χ0) is 17.9. The molecular weight excluding hydrogens is 402 g/mol. The van der Waals surface area contributed by atoms with E-state index in [9.17, 15) is 9.18 Å². The van der Waals surface area contributed by atoms with Crippen LogP contribution in [-0.4, -0.2) is 48.5 Å². The zero-order valence-electron chi connectivity index (χ0n) is 15.5. The number of nitrogens with zero attached hydrogens (tertiary/aromatic N) is 3. The highest BCUT2D eigenvalue weighted by Crippen LogP contribution is 2.25. The van der Waals surface area contributed by atoms with Crippen LogP contribution in [0.15, 0.2) is 42.6 Å². The number of hydrogen-bond donors (Lipinski definition) is 1. The molecule has 1 atom stereocenters. The monoisotopic (exact) mass is 426 g/mol. The summed E-state index contributed by atoms with van der Waals surface area (Å²) >= 11 is 0. The first-order chi connectivity index (χ1) is 12.7. The third-order valence-electron chi connectivity index (χ3n) is 5.16. The maximum atomic E-state index is 13.6. The minimum atomic E-state index is -0.280. The summed E-state index contributed by atoms with van der Waals surface area (Å²) in [4.78, 5) is 21.6. The number of hydrogen-bond acceptors (Lipinski definition) is 4. The van der Waals surface area contributed by atoms with E-state index in [-0.39, 0.29) is 42.6 Å². The lowest BCUT2D eigenvalue weighted by atomic mass is 10.0. The Kier molecular flexibility index (Phi) is 8.04. The van der Waals surface area contributed by atoms with Crippen LogP contribution in [0.1, 0.15) is 34.8 Å². The summed E-state index contributed by atoms with van der Waals surface area (Å²) < 4.78 is 13.6. The molecule has 0 bridgehead atoms. The largest absolute Gasteiger partial charge is 0.357 e. The molecule has 0 radical (unpaired) electrons. The highest BCUT2D eigenvalue weighted by atomic mass is 35.5. The van der Waals surface area contributed by atoms with Crippen LogP contribution >= 0.6 is 24.8 Å². The quantitative estimate of drug-likeness (QED) is 0.816. The average molecular weight is 427 g/mol. The number of rotatable bonds is 3. The third kappa shape index (κ3) is 4.74. The molecule has 1 amide bonds. The van der Waals surface area contributed by atoms with Gasteiger partial charge in [0.25, 0.3) is 5.91 Å². The fourth-order valence-electron chi connectivity index (χ4n) is 3.77. The SMILES string of the molecule is Cl.Cl.O=C(c1ccc(N2CCCC2)nc1)N1CCNCC1c1cccc(F)c1. The van der Waals surface area contributed by atoms with Crippen molar-refractivity contribution in [2.75, 3.05) is 37.6 Å². The molecule has 28 heavy (non-hydrogen) atoms. The van der Waals surface area contributed by atoms with E-state index in [0.29, 0.717) is 18.7 Å². The zero-order valence-corrected chi connectivity index (χ0v) is 17.1. The fraction of sp³-hybridized carbons (Fsp3) is 0.400. The van der Waals surface area contributed by atoms with Crippen LogP contribution in [0.25, 0.3) is 0 Å². The number of aromatic nitrogens is 1. The number of amides is 1. The second-order valence-corrected chi connectivity index (χ2v) is 6.87. The van der Waals surface area contributed by atoms with Crippen molar-refractivity contribution < 1.29 is 9.18 Å². The Bertz CT molecular complexity index is 784. The van der Waals surface area contributed by atoms with E-state index in [1.54, 1.807) is 12.3 Å². The Morgan fingerprint density at radius 3 is 2.57 bits per heavy atom. The van der Waals surface area contributed by atoms with Crippen LogP contribution in [0, 0.1) is 5.82 Å². The summed E-state index contributed by atoms with van der Waals surface area (Å²) in [6.45, 7) is 4.00. The van der Waals surface area contributed by atoms with Crippen LogP contribution in [0.2, 0.25) is 0 Å². The molecule has 5 nitrogen and oxygen atoms in total. The van der Waals surface area contributed by atoms with Crippen molar-refractivity contribution in [3.05, 3.63) is 59.5 Å². The first kappa shape index (κ1) is 22.4. The third-order valence-corrected chi connectivity index (χ3v) is 5.16. The maximum Gasteiger partial charge on any atom is 0.256 e. The van der Waals surface area contributed by atoms with Crippen molar-refractivity contribution in [3.63, 3.8) is 0 Å². The molecule has 2 fully saturated rings. The highest BCUT2D eigenvalue weighted by Gasteiger charge is 2.29. The molecule has 2 aliphatic heterocycles. The minimum Gasteiger partial charge on any atom is -0.357 e. The first-order valence-electron chi connectivity index (χ1n) is 9.20. The van der Waals surface area contributed by atoms with Gasteiger partial charge in [-0.15, -0.1) is 24.8 Å². The van der Waals surface area contributed by atoms with Crippen LogP contribution in [0.5, 0.6) is 0 Å². The molecule has 0 aliphatic carbocycles. The summed E-state index contributed by atoms with van der Waals surface area (Å²) in [7, 11) is 0. The number of nitrogens with one attached hydrogen (secondary N) is 1. The van der Waals surface area contributed by atoms with Crippen molar-refractivity contribution in [3.8, 4) is 0 Å². The van der Waals surface area contributed by atoms with Gasteiger partial charge in [-0.25, -0.2) is 9.37 Å². The Morgan fingerprint density at radius 2 is 1.89 bits per heavy atom. The van der Waals surface area contributed by atoms with Gasteiger partial charge in [-0.1, -0.05) is 12.1 Å². The molecule has 0 spiro atoms. The molecule has 4 rings (SSSR count). The topological polar surface area (TPSA) is 48.5 Å². The van der Waals surface area contributed by atoms with Crippen molar-refractivity contribution >= 4 is 36.5 Å². The predicted molar refractivity (Wildman–Crippen MR) is 113 cm³/mol. The molecule has 8 heteroatoms. The fourth-order valence-corrected chi connectivity index (χ4v) is 3.77. The van der Waals surface area contributed by atoms with Crippen LogP contribution < -0.4 is 10.2 Å². The molecule has 0 saturated carbocycles. The van der Waals surface area contributed by atoms with Gasteiger partial charge in [-0.3, -0.25) is 4.79 Å². The molecule has 1 aromatic heterocycles. The van der Waals surface area contributed by atoms with E-state index in [1.807, 2.05) is 23.1 Å². The molecule has 3 heterocycles. The van der Waals surface area contributed by atoms with Crippen molar-refractivity contribution in [2.45, 2.75) is 18.9 Å². The normalized spacial score (nSPS) is 19.0. The van der Waals surface area contributed by atoms with E-state index in [4.69, 9.17) is 0 Å². The van der Waals surface area contributed by atoms with Crippen molar-refractivity contribution in [1.82, 2.24) is 15.2 Å². The van der Waals surface area contributed by atoms with Crippen molar-refractivity contribution in [2.24, 2.45) is 0 Å². The predicted octanol–water partition coefficient (Wildman–Crippen LogP) is 3.45. The van der Waals surface area contributed by atoms with Gasteiger partial charge in [0, 0.05) is 38.9 Å². The molecule has 152 valence electrons. The van der Waals surface area contributed by atoms with E-state index in [2.05, 4.69) is 15.2 Å². The Hall–Kier alpha value is -1.89. The maximum absolute atomic E-state index is 13.6. The lowest BCUT2D eigenvalue weighted by molar-refractivity contribution is 0.0633. The second-order valence-electron chi connectivity index (χ2n) is 6.87. The van der Waals surface area contributed by atoms with Gasteiger partial charge < -0.3 is 15.1 Å². The van der Waals surface area contributed by atoms with E-state index >= 15 is 0 Å². The summed E-state index contributed by atoms with van der Waals surface area (Å²) in [6, 6.07) is 10.1. The number of carbonyl (C=O) groups is 1. The number of piperazine rings is 1.